The molecule has 2 nitrogen and oxygen atoms in total. The van der Waals surface area contributed by atoms with Crippen LogP contribution in [0.5, 0.6) is 0 Å². The fourth-order valence-corrected chi connectivity index (χ4v) is 10.9. The van der Waals surface area contributed by atoms with Gasteiger partial charge in [0.25, 0.3) is 0 Å². The largest absolute Gasteiger partial charge is 0.455 e. The molecule has 12 aromatic rings. The molecule has 0 saturated carbocycles. The van der Waals surface area contributed by atoms with Gasteiger partial charge >= 0.3 is 0 Å². The third-order valence-corrected chi connectivity index (χ3v) is 13.7. The Hall–Kier alpha value is -8.46. The van der Waals surface area contributed by atoms with Crippen LogP contribution in [0.2, 0.25) is 0 Å². The molecular formula is C63H41NO. The Balaban J connectivity index is 1.07. The first kappa shape index (κ1) is 37.1. The van der Waals surface area contributed by atoms with E-state index in [-0.39, 0.29) is 0 Å². The minimum absolute atomic E-state index is 0.543. The highest BCUT2D eigenvalue weighted by atomic mass is 16.3. The van der Waals surface area contributed by atoms with Gasteiger partial charge < -0.3 is 9.32 Å². The number of hydrogen-bond acceptors (Lipinski definition) is 2. The zero-order valence-electron chi connectivity index (χ0n) is 35.5. The van der Waals surface area contributed by atoms with Crippen molar-refractivity contribution in [2.45, 2.75) is 5.41 Å². The quantitative estimate of drug-likeness (QED) is 0.159. The summed E-state index contributed by atoms with van der Waals surface area (Å²) in [7, 11) is 0. The second kappa shape index (κ2) is 14.8. The summed E-state index contributed by atoms with van der Waals surface area (Å²) in [6, 6.07) is 90.7. The zero-order chi connectivity index (χ0) is 42.9. The van der Waals surface area contributed by atoms with Crippen molar-refractivity contribution < 1.29 is 4.42 Å². The van der Waals surface area contributed by atoms with E-state index in [0.29, 0.717) is 0 Å². The Morgan fingerprint density at radius 2 is 0.938 bits per heavy atom. The second-order valence-corrected chi connectivity index (χ2v) is 17.2. The standard InChI is InChI=1S/C63H41NO/c1-4-19-43(20-5-1)51-27-15-17-31-59(51)64(49-34-36-54-53-29-14-16-30-57(53)63(58(54)40-49,47-23-6-2-7-24-47)48-25-8-3-9-26-48)50-35-37-55-56-39-45-22-12-13-28-52(45)61(62(56)65-60(55)41-50)46-33-32-42-18-10-11-21-44(42)38-46/h1-41H. The molecule has 1 aliphatic rings. The molecule has 0 amide bonds. The number of furan rings is 1. The van der Waals surface area contributed by atoms with Crippen LogP contribution in [-0.2, 0) is 5.41 Å². The normalized spacial score (nSPS) is 12.7. The third kappa shape index (κ3) is 5.74. The van der Waals surface area contributed by atoms with E-state index >= 15 is 0 Å². The summed E-state index contributed by atoms with van der Waals surface area (Å²) in [5.41, 5.74) is 16.4. The van der Waals surface area contributed by atoms with Crippen molar-refractivity contribution in [1.82, 2.24) is 0 Å². The van der Waals surface area contributed by atoms with Gasteiger partial charge in [-0.2, -0.15) is 0 Å². The highest BCUT2D eigenvalue weighted by molar-refractivity contribution is 6.19. The maximum Gasteiger partial charge on any atom is 0.143 e. The van der Waals surface area contributed by atoms with Gasteiger partial charge in [0.15, 0.2) is 0 Å². The van der Waals surface area contributed by atoms with Crippen molar-refractivity contribution >= 4 is 60.5 Å². The lowest BCUT2D eigenvalue weighted by molar-refractivity contribution is 0.670. The smallest absolute Gasteiger partial charge is 0.143 e. The van der Waals surface area contributed by atoms with E-state index in [1.54, 1.807) is 0 Å². The van der Waals surface area contributed by atoms with Crippen molar-refractivity contribution in [3.05, 3.63) is 271 Å². The van der Waals surface area contributed by atoms with Gasteiger partial charge in [-0.15, -0.1) is 0 Å². The van der Waals surface area contributed by atoms with E-state index in [1.807, 2.05) is 0 Å². The van der Waals surface area contributed by atoms with Crippen LogP contribution >= 0.6 is 0 Å². The monoisotopic (exact) mass is 827 g/mol. The maximum absolute atomic E-state index is 7.17. The van der Waals surface area contributed by atoms with Gasteiger partial charge in [-0.05, 0) is 109 Å². The Bertz CT molecular complexity index is 3730. The summed E-state index contributed by atoms with van der Waals surface area (Å²) in [6.45, 7) is 0. The van der Waals surface area contributed by atoms with Crippen molar-refractivity contribution in [3.8, 4) is 33.4 Å². The summed E-state index contributed by atoms with van der Waals surface area (Å²) < 4.78 is 7.17. The fourth-order valence-electron chi connectivity index (χ4n) is 10.9. The molecule has 1 aromatic heterocycles. The van der Waals surface area contributed by atoms with Gasteiger partial charge in [-0.3, -0.25) is 0 Å². The molecule has 2 heteroatoms. The van der Waals surface area contributed by atoms with Crippen LogP contribution in [0.15, 0.2) is 253 Å². The van der Waals surface area contributed by atoms with Crippen LogP contribution in [-0.4, -0.2) is 0 Å². The van der Waals surface area contributed by atoms with E-state index < -0.39 is 5.41 Å². The molecule has 0 saturated heterocycles. The Labute approximate surface area is 377 Å². The van der Waals surface area contributed by atoms with E-state index in [1.165, 1.54) is 54.9 Å². The van der Waals surface area contributed by atoms with Gasteiger partial charge in [0.1, 0.15) is 11.2 Å². The Kier molecular flexibility index (Phi) is 8.47. The van der Waals surface area contributed by atoms with Crippen molar-refractivity contribution in [2.24, 2.45) is 0 Å². The van der Waals surface area contributed by atoms with Crippen LogP contribution in [0, 0.1) is 0 Å². The summed E-state index contributed by atoms with van der Waals surface area (Å²) in [5, 5.41) is 6.98. The predicted octanol–water partition coefficient (Wildman–Crippen LogP) is 17.1. The molecule has 304 valence electrons. The molecule has 0 unspecified atom stereocenters. The van der Waals surface area contributed by atoms with E-state index in [2.05, 4.69) is 254 Å². The molecule has 1 aliphatic carbocycles. The second-order valence-electron chi connectivity index (χ2n) is 17.2. The van der Waals surface area contributed by atoms with Gasteiger partial charge in [0.05, 0.1) is 11.1 Å². The van der Waals surface area contributed by atoms with Gasteiger partial charge in [-0.25, -0.2) is 0 Å². The van der Waals surface area contributed by atoms with Crippen LogP contribution in [0.3, 0.4) is 0 Å². The molecule has 0 atom stereocenters. The summed E-state index contributed by atoms with van der Waals surface area (Å²) in [5.74, 6) is 0. The molecule has 65 heavy (non-hydrogen) atoms. The summed E-state index contributed by atoms with van der Waals surface area (Å²) in [6.07, 6.45) is 0. The minimum Gasteiger partial charge on any atom is -0.455 e. The molecule has 11 aromatic carbocycles. The number of rotatable bonds is 7. The lowest BCUT2D eigenvalue weighted by Gasteiger charge is -2.35. The fraction of sp³-hybridized carbons (Fsp3) is 0.0159. The number of para-hydroxylation sites is 1. The number of fused-ring (bicyclic) bond motifs is 8. The summed E-state index contributed by atoms with van der Waals surface area (Å²) in [4.78, 5) is 2.43. The molecule has 0 N–H and O–H groups in total. The molecule has 0 radical (unpaired) electrons. The first-order valence-electron chi connectivity index (χ1n) is 22.4. The van der Waals surface area contributed by atoms with Gasteiger partial charge in [0, 0.05) is 39.3 Å². The topological polar surface area (TPSA) is 16.4 Å². The first-order chi connectivity index (χ1) is 32.2. The van der Waals surface area contributed by atoms with E-state index in [4.69, 9.17) is 4.42 Å². The molecule has 13 rings (SSSR count). The number of nitrogens with zero attached hydrogens (tertiary/aromatic N) is 1. The molecule has 1 heterocycles. The summed E-state index contributed by atoms with van der Waals surface area (Å²) >= 11 is 0. The average molecular weight is 828 g/mol. The molecule has 0 fully saturated rings. The SMILES string of the molecule is c1ccc(-c2ccccc2N(c2ccc3c(c2)C(c2ccccc2)(c2ccccc2)c2ccccc2-3)c2ccc3c(c2)oc2c(-c4ccc5ccccc5c4)c4ccccc4cc23)cc1. The van der Waals surface area contributed by atoms with Crippen molar-refractivity contribution in [1.29, 1.82) is 0 Å². The first-order valence-corrected chi connectivity index (χ1v) is 22.4. The third-order valence-electron chi connectivity index (χ3n) is 13.7. The lowest BCUT2D eigenvalue weighted by atomic mass is 9.67. The van der Waals surface area contributed by atoms with Gasteiger partial charge in [0.2, 0.25) is 0 Å². The van der Waals surface area contributed by atoms with Crippen LogP contribution in [0.1, 0.15) is 22.3 Å². The highest BCUT2D eigenvalue weighted by Crippen LogP contribution is 2.57. The Morgan fingerprint density at radius 3 is 1.72 bits per heavy atom. The van der Waals surface area contributed by atoms with Gasteiger partial charge in [-0.1, -0.05) is 200 Å². The highest BCUT2D eigenvalue weighted by Gasteiger charge is 2.46. The van der Waals surface area contributed by atoms with E-state index in [9.17, 15) is 0 Å². The molecular weight excluding hydrogens is 787 g/mol. The lowest BCUT2D eigenvalue weighted by Crippen LogP contribution is -2.28. The molecule has 0 aliphatic heterocycles. The average Bonchev–Trinajstić information content (AvgIpc) is 3.89. The molecule has 0 bridgehead atoms. The maximum atomic E-state index is 7.17. The predicted molar refractivity (Wildman–Crippen MR) is 272 cm³/mol. The molecule has 0 spiro atoms. The van der Waals surface area contributed by atoms with Crippen molar-refractivity contribution in [2.75, 3.05) is 4.90 Å². The number of benzene rings is 11. The van der Waals surface area contributed by atoms with Crippen molar-refractivity contribution in [3.63, 3.8) is 0 Å². The zero-order valence-corrected chi connectivity index (χ0v) is 35.5. The number of anilines is 3. The van der Waals surface area contributed by atoms with Crippen LogP contribution in [0.4, 0.5) is 17.1 Å². The minimum atomic E-state index is -0.543. The van der Waals surface area contributed by atoms with Crippen LogP contribution < -0.4 is 4.90 Å². The number of hydrogen-bond donors (Lipinski definition) is 0. The Morgan fingerprint density at radius 1 is 0.338 bits per heavy atom. The van der Waals surface area contributed by atoms with E-state index in [0.717, 1.165) is 61.3 Å². The van der Waals surface area contributed by atoms with Crippen LogP contribution in [0.25, 0.3) is 76.9 Å².